The molecular weight excluding hydrogens is 378 g/mol. The van der Waals surface area contributed by atoms with E-state index in [2.05, 4.69) is 10.3 Å². The molecule has 0 saturated carbocycles. The zero-order valence-corrected chi connectivity index (χ0v) is 16.8. The third-order valence-electron chi connectivity index (χ3n) is 4.80. The lowest BCUT2D eigenvalue weighted by atomic mass is 10.2. The second-order valence-electron chi connectivity index (χ2n) is 7.06. The van der Waals surface area contributed by atoms with E-state index in [1.165, 1.54) is 10.5 Å². The van der Waals surface area contributed by atoms with Crippen LogP contribution in [0.2, 0.25) is 0 Å². The molecule has 1 N–H and O–H groups in total. The van der Waals surface area contributed by atoms with Crippen LogP contribution in [0.5, 0.6) is 5.75 Å². The Kier molecular flexibility index (Phi) is 5.30. The van der Waals surface area contributed by atoms with Crippen LogP contribution in [0.3, 0.4) is 0 Å². The number of aromatic nitrogens is 2. The van der Waals surface area contributed by atoms with Gasteiger partial charge >= 0.3 is 0 Å². The molecule has 0 unspecified atom stereocenters. The molecule has 2 heterocycles. The molecule has 2 aromatic heterocycles. The van der Waals surface area contributed by atoms with Gasteiger partial charge in [0, 0.05) is 29.6 Å². The fraction of sp³-hybridized carbons (Fsp3) is 0.125. The van der Waals surface area contributed by atoms with Crippen LogP contribution in [-0.2, 0) is 6.61 Å². The SMILES string of the molecule is Cc1ccc(NC(=O)c2ccccc2)cc1OCc1cc(=O)n2cccc(C)c2n1. The van der Waals surface area contributed by atoms with E-state index in [1.54, 1.807) is 24.4 Å². The molecule has 30 heavy (non-hydrogen) atoms. The molecule has 0 bridgehead atoms. The summed E-state index contributed by atoms with van der Waals surface area (Å²) in [5.74, 6) is 0.428. The number of pyridine rings is 1. The van der Waals surface area contributed by atoms with Crippen molar-refractivity contribution in [1.29, 1.82) is 0 Å². The number of ether oxygens (including phenoxy) is 1. The fourth-order valence-electron chi connectivity index (χ4n) is 3.16. The number of anilines is 1. The molecule has 6 heteroatoms. The van der Waals surface area contributed by atoms with Gasteiger partial charge in [0.15, 0.2) is 0 Å². The molecule has 4 aromatic rings. The van der Waals surface area contributed by atoms with Gasteiger partial charge in [-0.25, -0.2) is 4.98 Å². The Hall–Kier alpha value is -3.93. The van der Waals surface area contributed by atoms with Gasteiger partial charge < -0.3 is 10.1 Å². The van der Waals surface area contributed by atoms with Crippen LogP contribution in [0.4, 0.5) is 5.69 Å². The van der Waals surface area contributed by atoms with Gasteiger partial charge in [0.1, 0.15) is 18.0 Å². The molecule has 0 fully saturated rings. The third kappa shape index (κ3) is 4.07. The summed E-state index contributed by atoms with van der Waals surface area (Å²) in [4.78, 5) is 29.3. The zero-order valence-electron chi connectivity index (χ0n) is 16.8. The van der Waals surface area contributed by atoms with Crippen molar-refractivity contribution in [2.45, 2.75) is 20.5 Å². The van der Waals surface area contributed by atoms with Crippen LogP contribution in [-0.4, -0.2) is 15.3 Å². The second kappa shape index (κ2) is 8.21. The summed E-state index contributed by atoms with van der Waals surface area (Å²) in [7, 11) is 0. The highest BCUT2D eigenvalue weighted by atomic mass is 16.5. The van der Waals surface area contributed by atoms with Gasteiger partial charge in [0.25, 0.3) is 11.5 Å². The molecule has 0 aliphatic heterocycles. The van der Waals surface area contributed by atoms with Crippen molar-refractivity contribution in [3.8, 4) is 5.75 Å². The van der Waals surface area contributed by atoms with Crippen molar-refractivity contribution < 1.29 is 9.53 Å². The molecular formula is C24H21N3O3. The van der Waals surface area contributed by atoms with Crippen molar-refractivity contribution in [2.24, 2.45) is 0 Å². The lowest BCUT2D eigenvalue weighted by Crippen LogP contribution is -2.17. The lowest BCUT2D eigenvalue weighted by Gasteiger charge is -2.12. The summed E-state index contributed by atoms with van der Waals surface area (Å²) >= 11 is 0. The number of hydrogen-bond donors (Lipinski definition) is 1. The van der Waals surface area contributed by atoms with Gasteiger partial charge in [0.05, 0.1) is 5.69 Å². The lowest BCUT2D eigenvalue weighted by molar-refractivity contribution is 0.102. The number of fused-ring (bicyclic) bond motifs is 1. The topological polar surface area (TPSA) is 72.7 Å². The number of nitrogens with zero attached hydrogens (tertiary/aromatic N) is 2. The molecule has 0 saturated heterocycles. The van der Waals surface area contributed by atoms with E-state index in [0.717, 1.165) is 11.1 Å². The van der Waals surface area contributed by atoms with Crippen LogP contribution in [0.25, 0.3) is 5.65 Å². The normalized spacial score (nSPS) is 10.7. The van der Waals surface area contributed by atoms with E-state index in [9.17, 15) is 9.59 Å². The van der Waals surface area contributed by atoms with Crippen LogP contribution in [0, 0.1) is 13.8 Å². The highest BCUT2D eigenvalue weighted by Crippen LogP contribution is 2.24. The first-order chi connectivity index (χ1) is 14.5. The maximum atomic E-state index is 12.4. The van der Waals surface area contributed by atoms with Crippen molar-refractivity contribution >= 4 is 17.2 Å². The van der Waals surface area contributed by atoms with E-state index in [0.29, 0.717) is 28.3 Å². The average Bonchev–Trinajstić information content (AvgIpc) is 2.75. The van der Waals surface area contributed by atoms with Crippen LogP contribution in [0.1, 0.15) is 27.2 Å². The average molecular weight is 399 g/mol. The first kappa shape index (κ1) is 19.4. The molecule has 0 radical (unpaired) electrons. The second-order valence-corrected chi connectivity index (χ2v) is 7.06. The molecule has 0 aliphatic rings. The first-order valence-electron chi connectivity index (χ1n) is 9.59. The number of rotatable bonds is 5. The van der Waals surface area contributed by atoms with E-state index >= 15 is 0 Å². The Balaban J connectivity index is 1.53. The zero-order chi connectivity index (χ0) is 21.1. The first-order valence-corrected chi connectivity index (χ1v) is 9.59. The van der Waals surface area contributed by atoms with Gasteiger partial charge in [-0.3, -0.25) is 14.0 Å². The summed E-state index contributed by atoms with van der Waals surface area (Å²) < 4.78 is 7.45. The number of aryl methyl sites for hydroxylation is 2. The number of nitrogens with one attached hydrogen (secondary N) is 1. The summed E-state index contributed by atoms with van der Waals surface area (Å²) in [6.07, 6.45) is 1.70. The number of hydrogen-bond acceptors (Lipinski definition) is 4. The molecule has 4 rings (SSSR count). The Bertz CT molecular complexity index is 1280. The Morgan fingerprint density at radius 1 is 1.00 bits per heavy atom. The number of carbonyl (C=O) groups excluding carboxylic acids is 1. The summed E-state index contributed by atoms with van der Waals surface area (Å²) in [6, 6.07) is 19.7. The minimum atomic E-state index is -0.190. The van der Waals surface area contributed by atoms with Crippen LogP contribution in [0.15, 0.2) is 77.7 Å². The maximum absolute atomic E-state index is 12.4. The Morgan fingerprint density at radius 2 is 1.80 bits per heavy atom. The van der Waals surface area contributed by atoms with Gasteiger partial charge in [-0.15, -0.1) is 0 Å². The minimum absolute atomic E-state index is 0.150. The monoisotopic (exact) mass is 399 g/mol. The molecule has 2 aromatic carbocycles. The smallest absolute Gasteiger partial charge is 0.258 e. The maximum Gasteiger partial charge on any atom is 0.258 e. The molecule has 1 amide bonds. The highest BCUT2D eigenvalue weighted by molar-refractivity contribution is 6.04. The molecule has 6 nitrogen and oxygen atoms in total. The van der Waals surface area contributed by atoms with Crippen LogP contribution < -0.4 is 15.6 Å². The van der Waals surface area contributed by atoms with Crippen molar-refractivity contribution in [3.05, 3.63) is 106 Å². The van der Waals surface area contributed by atoms with Crippen LogP contribution >= 0.6 is 0 Å². The Labute approximate surface area is 173 Å². The quantitative estimate of drug-likeness (QED) is 0.547. The van der Waals surface area contributed by atoms with Gasteiger partial charge in [-0.05, 0) is 49.2 Å². The predicted molar refractivity (Wildman–Crippen MR) is 116 cm³/mol. The number of carbonyl (C=O) groups is 1. The van der Waals surface area contributed by atoms with Crippen molar-refractivity contribution in [3.63, 3.8) is 0 Å². The highest BCUT2D eigenvalue weighted by Gasteiger charge is 2.09. The van der Waals surface area contributed by atoms with Gasteiger partial charge in [-0.2, -0.15) is 0 Å². The number of benzene rings is 2. The van der Waals surface area contributed by atoms with Crippen molar-refractivity contribution in [2.75, 3.05) is 5.32 Å². The molecule has 0 atom stereocenters. The van der Waals surface area contributed by atoms with Gasteiger partial charge in [0.2, 0.25) is 0 Å². The molecule has 0 spiro atoms. The largest absolute Gasteiger partial charge is 0.487 e. The summed E-state index contributed by atoms with van der Waals surface area (Å²) in [5.41, 5.74) is 4.06. The standard InChI is InChI=1S/C24H21N3O3/c1-16-10-11-19(26-24(29)18-8-4-3-5-9-18)13-21(16)30-15-20-14-22(28)27-12-6-7-17(2)23(27)25-20/h3-14H,15H2,1-2H3,(H,26,29). The predicted octanol–water partition coefficient (Wildman–Crippen LogP) is 4.14. The van der Waals surface area contributed by atoms with E-state index in [4.69, 9.17) is 4.74 Å². The summed E-state index contributed by atoms with van der Waals surface area (Å²) in [6.45, 7) is 3.98. The minimum Gasteiger partial charge on any atom is -0.487 e. The van der Waals surface area contributed by atoms with Crippen molar-refractivity contribution in [1.82, 2.24) is 9.38 Å². The molecule has 0 aliphatic carbocycles. The Morgan fingerprint density at radius 3 is 2.60 bits per heavy atom. The number of amides is 1. The fourth-order valence-corrected chi connectivity index (χ4v) is 3.16. The van der Waals surface area contributed by atoms with E-state index in [-0.39, 0.29) is 18.1 Å². The van der Waals surface area contributed by atoms with E-state index in [1.807, 2.05) is 56.3 Å². The molecule has 150 valence electrons. The van der Waals surface area contributed by atoms with Gasteiger partial charge in [-0.1, -0.05) is 30.3 Å². The summed E-state index contributed by atoms with van der Waals surface area (Å²) in [5, 5.41) is 2.88. The third-order valence-corrected chi connectivity index (χ3v) is 4.80. The van der Waals surface area contributed by atoms with E-state index < -0.39 is 0 Å².